The lowest BCUT2D eigenvalue weighted by Crippen LogP contribution is -2.62. The number of piperazine rings is 1. The van der Waals surface area contributed by atoms with Crippen molar-refractivity contribution in [3.05, 3.63) is 28.2 Å². The van der Waals surface area contributed by atoms with Crippen molar-refractivity contribution in [3.8, 4) is 0 Å². The molecule has 2 fully saturated rings. The van der Waals surface area contributed by atoms with Crippen LogP contribution in [0.15, 0.2) is 22.7 Å². The lowest BCUT2D eigenvalue weighted by atomic mass is 9.92. The van der Waals surface area contributed by atoms with Crippen molar-refractivity contribution in [1.29, 1.82) is 0 Å². The molecule has 3 rings (SSSR count). The lowest BCUT2D eigenvalue weighted by Gasteiger charge is -2.47. The molecule has 19 heavy (non-hydrogen) atoms. The minimum absolute atomic E-state index is 0.371. The first-order chi connectivity index (χ1) is 9.10. The van der Waals surface area contributed by atoms with Crippen molar-refractivity contribution < 1.29 is 0 Å². The molecule has 0 radical (unpaired) electrons. The molecule has 1 aliphatic carbocycles. The molecule has 1 saturated carbocycles. The van der Waals surface area contributed by atoms with Gasteiger partial charge in [-0.15, -0.1) is 0 Å². The number of nitrogens with zero attached hydrogens (tertiary/aromatic N) is 1. The molecule has 3 heteroatoms. The molecule has 0 bridgehead atoms. The summed E-state index contributed by atoms with van der Waals surface area (Å²) in [6.45, 7) is 6.74. The first kappa shape index (κ1) is 13.4. The van der Waals surface area contributed by atoms with E-state index in [-0.39, 0.29) is 0 Å². The fourth-order valence-electron chi connectivity index (χ4n) is 3.56. The second kappa shape index (κ2) is 5.10. The average molecular weight is 323 g/mol. The van der Waals surface area contributed by atoms with Gasteiger partial charge in [-0.25, -0.2) is 0 Å². The zero-order valence-electron chi connectivity index (χ0n) is 11.9. The second-order valence-electron chi connectivity index (χ2n) is 6.30. The van der Waals surface area contributed by atoms with Crippen LogP contribution in [-0.2, 0) is 0 Å². The number of hydrogen-bond donors (Lipinski definition) is 1. The van der Waals surface area contributed by atoms with Gasteiger partial charge in [0.25, 0.3) is 0 Å². The van der Waals surface area contributed by atoms with Gasteiger partial charge >= 0.3 is 0 Å². The van der Waals surface area contributed by atoms with Gasteiger partial charge in [-0.2, -0.15) is 0 Å². The smallest absolute Gasteiger partial charge is 0.0516 e. The molecule has 1 heterocycles. The van der Waals surface area contributed by atoms with Crippen LogP contribution in [0.1, 0.15) is 38.2 Å². The molecule has 1 N–H and O–H groups in total. The highest BCUT2D eigenvalue weighted by Gasteiger charge is 2.40. The first-order valence-corrected chi connectivity index (χ1v) is 8.17. The van der Waals surface area contributed by atoms with Gasteiger partial charge in [0, 0.05) is 29.1 Å². The maximum atomic E-state index is 3.82. The molecule has 2 aliphatic rings. The Morgan fingerprint density at radius 3 is 2.79 bits per heavy atom. The van der Waals surface area contributed by atoms with Crippen LogP contribution in [0.25, 0.3) is 0 Å². The third-order valence-corrected chi connectivity index (χ3v) is 5.42. The SMILES string of the molecule is Cc1ccc(Br)c(N2CC3(CCCC3)NCC2C)c1. The highest BCUT2D eigenvalue weighted by atomic mass is 79.9. The predicted octanol–water partition coefficient (Wildman–Crippen LogP) is 3.87. The number of anilines is 1. The van der Waals surface area contributed by atoms with Crippen molar-refractivity contribution in [2.75, 3.05) is 18.0 Å². The van der Waals surface area contributed by atoms with Crippen molar-refractivity contribution in [1.82, 2.24) is 5.32 Å². The van der Waals surface area contributed by atoms with E-state index in [1.54, 1.807) is 0 Å². The number of rotatable bonds is 1. The van der Waals surface area contributed by atoms with Crippen LogP contribution in [0.4, 0.5) is 5.69 Å². The molecule has 104 valence electrons. The van der Waals surface area contributed by atoms with Gasteiger partial charge in [-0.1, -0.05) is 18.9 Å². The van der Waals surface area contributed by atoms with E-state index in [1.807, 2.05) is 0 Å². The van der Waals surface area contributed by atoms with E-state index < -0.39 is 0 Å². The topological polar surface area (TPSA) is 15.3 Å². The van der Waals surface area contributed by atoms with Crippen molar-refractivity contribution in [2.24, 2.45) is 0 Å². The van der Waals surface area contributed by atoms with Crippen LogP contribution in [0.3, 0.4) is 0 Å². The Hall–Kier alpha value is -0.540. The highest BCUT2D eigenvalue weighted by molar-refractivity contribution is 9.10. The van der Waals surface area contributed by atoms with Crippen LogP contribution >= 0.6 is 15.9 Å². The van der Waals surface area contributed by atoms with Gasteiger partial charge in [-0.3, -0.25) is 0 Å². The Labute approximate surface area is 124 Å². The molecule has 1 aromatic rings. The van der Waals surface area contributed by atoms with E-state index in [0.29, 0.717) is 11.6 Å². The zero-order valence-corrected chi connectivity index (χ0v) is 13.5. The summed E-state index contributed by atoms with van der Waals surface area (Å²) in [4.78, 5) is 2.60. The van der Waals surface area contributed by atoms with Gasteiger partial charge in [0.15, 0.2) is 0 Å². The fraction of sp³-hybridized carbons (Fsp3) is 0.625. The summed E-state index contributed by atoms with van der Waals surface area (Å²) in [5, 5.41) is 3.82. The van der Waals surface area contributed by atoms with Crippen molar-refractivity contribution in [2.45, 2.75) is 51.1 Å². The zero-order chi connectivity index (χ0) is 13.5. The molecule has 0 aromatic heterocycles. The predicted molar refractivity (Wildman–Crippen MR) is 84.9 cm³/mol. The Kier molecular flexibility index (Phi) is 3.61. The van der Waals surface area contributed by atoms with Crippen molar-refractivity contribution >= 4 is 21.6 Å². The summed E-state index contributed by atoms with van der Waals surface area (Å²) >= 11 is 3.73. The number of benzene rings is 1. The first-order valence-electron chi connectivity index (χ1n) is 7.37. The quantitative estimate of drug-likeness (QED) is 0.844. The molecule has 1 aliphatic heterocycles. The summed E-state index contributed by atoms with van der Waals surface area (Å²) in [6.07, 6.45) is 5.42. The van der Waals surface area contributed by atoms with E-state index in [4.69, 9.17) is 0 Å². The van der Waals surface area contributed by atoms with Gasteiger partial charge in [-0.05, 0) is 60.3 Å². The van der Waals surface area contributed by atoms with E-state index >= 15 is 0 Å². The van der Waals surface area contributed by atoms with Gasteiger partial charge in [0.1, 0.15) is 0 Å². The minimum atomic E-state index is 0.371. The minimum Gasteiger partial charge on any atom is -0.365 e. The van der Waals surface area contributed by atoms with E-state index in [9.17, 15) is 0 Å². The van der Waals surface area contributed by atoms with Crippen LogP contribution in [0.2, 0.25) is 0 Å². The summed E-state index contributed by atoms with van der Waals surface area (Å²) in [5.41, 5.74) is 3.07. The number of hydrogen-bond acceptors (Lipinski definition) is 2. The lowest BCUT2D eigenvalue weighted by molar-refractivity contribution is 0.276. The molecule has 0 amide bonds. The summed E-state index contributed by atoms with van der Waals surface area (Å²) < 4.78 is 1.22. The Morgan fingerprint density at radius 2 is 2.05 bits per heavy atom. The Balaban J connectivity index is 1.91. The van der Waals surface area contributed by atoms with Crippen LogP contribution in [0, 0.1) is 6.92 Å². The normalized spacial score (nSPS) is 26.1. The molecule has 2 nitrogen and oxygen atoms in total. The summed E-state index contributed by atoms with van der Waals surface area (Å²) in [6, 6.07) is 7.23. The molecule has 1 unspecified atom stereocenters. The second-order valence-corrected chi connectivity index (χ2v) is 7.15. The van der Waals surface area contributed by atoms with Crippen molar-refractivity contribution in [3.63, 3.8) is 0 Å². The van der Waals surface area contributed by atoms with Gasteiger partial charge < -0.3 is 10.2 Å². The fourth-order valence-corrected chi connectivity index (χ4v) is 4.04. The number of halogens is 1. The summed E-state index contributed by atoms with van der Waals surface area (Å²) in [7, 11) is 0. The number of nitrogens with one attached hydrogen (secondary N) is 1. The molecule has 1 spiro atoms. The monoisotopic (exact) mass is 322 g/mol. The number of aryl methyl sites for hydroxylation is 1. The average Bonchev–Trinajstić information content (AvgIpc) is 2.84. The molecular weight excluding hydrogens is 300 g/mol. The maximum absolute atomic E-state index is 3.82. The van der Waals surface area contributed by atoms with Crippen LogP contribution in [-0.4, -0.2) is 24.7 Å². The van der Waals surface area contributed by atoms with E-state index in [2.05, 4.69) is 58.2 Å². The van der Waals surface area contributed by atoms with Crippen LogP contribution < -0.4 is 10.2 Å². The standard InChI is InChI=1S/C16H23BrN2/c1-12-5-6-14(17)15(9-12)19-11-16(7-3-4-8-16)18-10-13(19)2/h5-6,9,13,18H,3-4,7-8,10-11H2,1-2H3. The Morgan fingerprint density at radius 1 is 1.32 bits per heavy atom. The highest BCUT2D eigenvalue weighted by Crippen LogP contribution is 2.37. The molecule has 1 atom stereocenters. The van der Waals surface area contributed by atoms with E-state index in [0.717, 1.165) is 13.1 Å². The van der Waals surface area contributed by atoms with Crippen LogP contribution in [0.5, 0.6) is 0 Å². The molecular formula is C16H23BrN2. The molecule has 1 aromatic carbocycles. The molecule has 1 saturated heterocycles. The maximum Gasteiger partial charge on any atom is 0.0516 e. The summed E-state index contributed by atoms with van der Waals surface area (Å²) in [5.74, 6) is 0. The van der Waals surface area contributed by atoms with Gasteiger partial charge in [0.05, 0.1) is 5.69 Å². The largest absolute Gasteiger partial charge is 0.365 e. The van der Waals surface area contributed by atoms with Gasteiger partial charge in [0.2, 0.25) is 0 Å². The third-order valence-electron chi connectivity index (χ3n) is 4.75. The Bertz CT molecular complexity index is 466. The van der Waals surface area contributed by atoms with E-state index in [1.165, 1.54) is 41.4 Å². The third kappa shape index (κ3) is 2.55.